The molecule has 2 aliphatic rings. The Morgan fingerprint density at radius 2 is 2.23 bits per heavy atom. The van der Waals surface area contributed by atoms with E-state index in [1.54, 1.807) is 13.0 Å². The number of thiophene rings is 1. The minimum Gasteiger partial charge on any atom is -0.369 e. The molecule has 1 fully saturated rings. The Bertz CT molecular complexity index is 806. The summed E-state index contributed by atoms with van der Waals surface area (Å²) < 4.78 is 51.4. The zero-order valence-corrected chi connectivity index (χ0v) is 15.7. The minimum absolute atomic E-state index is 0.263. The monoisotopic (exact) mass is 406 g/mol. The number of hydrogen-bond acceptors (Lipinski definition) is 5. The van der Waals surface area contributed by atoms with Gasteiger partial charge < -0.3 is 9.26 Å². The number of nitrogens with zero attached hydrogens (tertiary/aromatic N) is 2. The second-order valence-electron chi connectivity index (χ2n) is 6.92. The fraction of sp³-hybridized carbons (Fsp3) is 0.588. The summed E-state index contributed by atoms with van der Waals surface area (Å²) >= 11 is 7.67. The van der Waals surface area contributed by atoms with E-state index in [2.05, 4.69) is 5.16 Å². The Balaban J connectivity index is 1.70. The number of aromatic nitrogens is 1. The van der Waals surface area contributed by atoms with Crippen molar-refractivity contribution in [3.05, 3.63) is 38.4 Å². The van der Waals surface area contributed by atoms with Gasteiger partial charge in [-0.15, -0.1) is 11.3 Å². The molecule has 2 aliphatic heterocycles. The van der Waals surface area contributed by atoms with Crippen LogP contribution >= 0.6 is 22.9 Å². The van der Waals surface area contributed by atoms with Gasteiger partial charge in [-0.3, -0.25) is 4.90 Å². The molecule has 4 nitrogen and oxygen atoms in total. The average Bonchev–Trinajstić information content (AvgIpc) is 3.14. The van der Waals surface area contributed by atoms with Crippen molar-refractivity contribution in [1.82, 2.24) is 10.1 Å². The second-order valence-corrected chi connectivity index (χ2v) is 8.61. The molecule has 1 saturated heterocycles. The maximum atomic E-state index is 13.1. The molecule has 0 amide bonds. The second kappa shape index (κ2) is 6.51. The van der Waals surface area contributed by atoms with Gasteiger partial charge in [0.1, 0.15) is 5.60 Å². The third-order valence-electron chi connectivity index (χ3n) is 5.07. The van der Waals surface area contributed by atoms with Crippen molar-refractivity contribution in [2.45, 2.75) is 44.0 Å². The molecule has 0 aromatic carbocycles. The molecular formula is C17H18ClF3N2O2S. The fourth-order valence-corrected chi connectivity index (χ4v) is 5.47. The van der Waals surface area contributed by atoms with Gasteiger partial charge in [0, 0.05) is 23.9 Å². The summed E-state index contributed by atoms with van der Waals surface area (Å²) in [5.41, 5.74) is 1.18. The first-order chi connectivity index (χ1) is 12.3. The Labute approximate surface area is 157 Å². The zero-order valence-electron chi connectivity index (χ0n) is 14.1. The predicted molar refractivity (Wildman–Crippen MR) is 91.5 cm³/mol. The van der Waals surface area contributed by atoms with E-state index < -0.39 is 24.4 Å². The van der Waals surface area contributed by atoms with Crippen LogP contribution in [0.15, 0.2) is 16.7 Å². The molecule has 2 atom stereocenters. The highest BCUT2D eigenvalue weighted by atomic mass is 35.5. The number of rotatable bonds is 2. The Kier molecular flexibility index (Phi) is 4.58. The predicted octanol–water partition coefficient (Wildman–Crippen LogP) is 4.87. The van der Waals surface area contributed by atoms with Gasteiger partial charge in [-0.1, -0.05) is 16.8 Å². The van der Waals surface area contributed by atoms with E-state index in [0.717, 1.165) is 16.9 Å². The van der Waals surface area contributed by atoms with Crippen molar-refractivity contribution in [1.29, 1.82) is 0 Å². The molecular weight excluding hydrogens is 389 g/mol. The highest BCUT2D eigenvalue weighted by Crippen LogP contribution is 2.51. The molecule has 0 N–H and O–H groups in total. The third-order valence-corrected chi connectivity index (χ3v) is 6.56. The molecule has 4 heterocycles. The summed E-state index contributed by atoms with van der Waals surface area (Å²) in [6.07, 6.45) is -2.61. The van der Waals surface area contributed by atoms with Crippen molar-refractivity contribution < 1.29 is 22.4 Å². The van der Waals surface area contributed by atoms with Crippen LogP contribution in [0.1, 0.15) is 40.8 Å². The van der Waals surface area contributed by atoms with E-state index in [9.17, 15) is 13.2 Å². The quantitative estimate of drug-likeness (QED) is 0.713. The third kappa shape index (κ3) is 3.40. The smallest absolute Gasteiger partial charge is 0.369 e. The molecule has 2 aromatic heterocycles. The molecule has 26 heavy (non-hydrogen) atoms. The summed E-state index contributed by atoms with van der Waals surface area (Å²) in [4.78, 5) is 2.46. The zero-order chi connectivity index (χ0) is 18.5. The lowest BCUT2D eigenvalue weighted by molar-refractivity contribution is -0.174. The molecule has 9 heteroatoms. The molecule has 142 valence electrons. The molecule has 0 unspecified atom stereocenters. The van der Waals surface area contributed by atoms with Crippen LogP contribution in [0.25, 0.3) is 0 Å². The average molecular weight is 407 g/mol. The van der Waals surface area contributed by atoms with Gasteiger partial charge in [0.25, 0.3) is 0 Å². The number of fused-ring (bicyclic) bond motifs is 2. The number of halogens is 4. The van der Waals surface area contributed by atoms with Crippen molar-refractivity contribution >= 4 is 22.9 Å². The summed E-state index contributed by atoms with van der Waals surface area (Å²) in [6, 6.07) is 3.11. The summed E-state index contributed by atoms with van der Waals surface area (Å²) in [5.74, 6) is 0.448. The van der Waals surface area contributed by atoms with Gasteiger partial charge in [0.15, 0.2) is 5.76 Å². The molecule has 0 radical (unpaired) electrons. The molecule has 0 saturated carbocycles. The van der Waals surface area contributed by atoms with Gasteiger partial charge >= 0.3 is 6.18 Å². The number of hydrogen-bond donors (Lipinski definition) is 0. The lowest BCUT2D eigenvalue weighted by Crippen LogP contribution is -2.49. The van der Waals surface area contributed by atoms with Gasteiger partial charge in [-0.2, -0.15) is 13.2 Å². The lowest BCUT2D eigenvalue weighted by atomic mass is 9.81. The van der Waals surface area contributed by atoms with Gasteiger partial charge in [-0.05, 0) is 31.4 Å². The lowest BCUT2D eigenvalue weighted by Gasteiger charge is -2.47. The van der Waals surface area contributed by atoms with E-state index in [0.29, 0.717) is 35.2 Å². The molecule has 0 bridgehead atoms. The largest absolute Gasteiger partial charge is 0.401 e. The molecule has 4 rings (SSSR count). The van der Waals surface area contributed by atoms with E-state index >= 15 is 0 Å². The summed E-state index contributed by atoms with van der Waals surface area (Å²) in [7, 11) is 0. The highest BCUT2D eigenvalue weighted by molar-refractivity contribution is 7.16. The van der Waals surface area contributed by atoms with Gasteiger partial charge in [0.2, 0.25) is 0 Å². The van der Waals surface area contributed by atoms with Crippen molar-refractivity contribution in [3.63, 3.8) is 0 Å². The van der Waals surface area contributed by atoms with E-state index in [1.165, 1.54) is 16.2 Å². The van der Waals surface area contributed by atoms with Gasteiger partial charge in [0.05, 0.1) is 29.2 Å². The highest BCUT2D eigenvalue weighted by Gasteiger charge is 2.49. The van der Waals surface area contributed by atoms with Crippen LogP contribution in [-0.4, -0.2) is 35.9 Å². The summed E-state index contributed by atoms with van der Waals surface area (Å²) in [5, 5.41) is 3.86. The van der Waals surface area contributed by atoms with Gasteiger partial charge in [-0.25, -0.2) is 0 Å². The van der Waals surface area contributed by atoms with E-state index in [-0.39, 0.29) is 6.54 Å². The Hall–Kier alpha value is -1.09. The molecule has 2 aromatic rings. The first-order valence-corrected chi connectivity index (χ1v) is 9.62. The number of piperidine rings is 1. The number of aryl methyl sites for hydroxylation is 1. The first kappa shape index (κ1) is 18.3. The number of likely N-dealkylation sites (tertiary alicyclic amines) is 1. The summed E-state index contributed by atoms with van der Waals surface area (Å²) in [6.45, 7) is 1.58. The minimum atomic E-state index is -4.28. The van der Waals surface area contributed by atoms with E-state index in [1.807, 2.05) is 6.07 Å². The van der Waals surface area contributed by atoms with E-state index in [4.69, 9.17) is 20.9 Å². The van der Waals surface area contributed by atoms with Crippen molar-refractivity contribution in [2.75, 3.05) is 19.7 Å². The molecule has 1 spiro atoms. The first-order valence-electron chi connectivity index (χ1n) is 8.42. The van der Waals surface area contributed by atoms with Crippen LogP contribution in [0, 0.1) is 6.92 Å². The maximum Gasteiger partial charge on any atom is 0.401 e. The fourth-order valence-electron chi connectivity index (χ4n) is 3.99. The van der Waals surface area contributed by atoms with Crippen LogP contribution < -0.4 is 0 Å². The topological polar surface area (TPSA) is 38.5 Å². The number of ether oxygens (including phenoxy) is 1. The Morgan fingerprint density at radius 1 is 1.42 bits per heavy atom. The van der Waals surface area contributed by atoms with Crippen LogP contribution in [0.3, 0.4) is 0 Å². The van der Waals surface area contributed by atoms with Crippen molar-refractivity contribution in [2.24, 2.45) is 0 Å². The number of alkyl halides is 3. The Morgan fingerprint density at radius 3 is 2.92 bits per heavy atom. The van der Waals surface area contributed by atoms with Crippen LogP contribution in [0.2, 0.25) is 4.34 Å². The normalized spacial score (nSPS) is 27.0. The SMILES string of the molecule is Cc1cc([C@@H]2C[C@]3(CCN2CC(F)(F)F)OCCc2cc(Cl)sc23)on1. The van der Waals surface area contributed by atoms with Crippen molar-refractivity contribution in [3.8, 4) is 0 Å². The van der Waals surface area contributed by atoms with Crippen LogP contribution in [-0.2, 0) is 16.8 Å². The molecule has 0 aliphatic carbocycles. The maximum absolute atomic E-state index is 13.1. The van der Waals surface area contributed by atoms with Crippen LogP contribution in [0.4, 0.5) is 13.2 Å². The standard InChI is InChI=1S/C17H18ClF3N2O2S/c1-10-6-13(25-22-10)12-8-16(3-4-23(12)9-17(19,20)21)15-11(2-5-24-16)7-14(18)26-15/h6-7,12H,2-5,8-9H2,1H3/t12-,16-/m0/s1. The van der Waals surface area contributed by atoms with Crippen LogP contribution in [0.5, 0.6) is 0 Å².